The number of hydrogen-bond acceptors (Lipinski definition) is 4. The predicted octanol–water partition coefficient (Wildman–Crippen LogP) is 4.94. The zero-order valence-electron chi connectivity index (χ0n) is 16.3. The molecule has 1 amide bonds. The lowest BCUT2D eigenvalue weighted by Gasteiger charge is -2.14. The van der Waals surface area contributed by atoms with Crippen LogP contribution in [0.3, 0.4) is 0 Å². The van der Waals surface area contributed by atoms with Crippen LogP contribution in [0.5, 0.6) is 0 Å². The number of benzene rings is 2. The minimum atomic E-state index is -0.726. The normalized spacial score (nSPS) is 17.8. The monoisotopic (exact) mass is 436 g/mol. The van der Waals surface area contributed by atoms with Gasteiger partial charge in [-0.05, 0) is 42.2 Å². The molecule has 1 saturated carbocycles. The summed E-state index contributed by atoms with van der Waals surface area (Å²) in [5.41, 5.74) is 3.22. The van der Waals surface area contributed by atoms with Gasteiger partial charge in [0.25, 0.3) is 5.91 Å². The van der Waals surface area contributed by atoms with Gasteiger partial charge in [0.15, 0.2) is 5.82 Å². The number of carbonyl (C=O) groups excluding carboxylic acids is 1. The van der Waals surface area contributed by atoms with Gasteiger partial charge in [0.2, 0.25) is 0 Å². The van der Waals surface area contributed by atoms with Crippen LogP contribution in [0.4, 0.5) is 10.1 Å². The van der Waals surface area contributed by atoms with Crippen LogP contribution >= 0.6 is 11.6 Å². The van der Waals surface area contributed by atoms with Crippen molar-refractivity contribution in [2.45, 2.75) is 18.3 Å². The number of rotatable bonds is 4. The fraction of sp³-hybridized carbons (Fsp3) is 0.167. The Hall–Kier alpha value is -3.22. The molecule has 7 heteroatoms. The van der Waals surface area contributed by atoms with E-state index in [0.29, 0.717) is 21.8 Å². The largest absolute Gasteiger partial charge is 0.506 e. The molecule has 0 radical (unpaired) electrons. The topological polar surface area (TPSA) is 82.5 Å². The molecule has 3 aromatic rings. The molecule has 0 spiro atoms. The summed E-state index contributed by atoms with van der Waals surface area (Å²) >= 11 is 6.49. The minimum absolute atomic E-state index is 0.0214. The molecule has 31 heavy (non-hydrogen) atoms. The summed E-state index contributed by atoms with van der Waals surface area (Å²) in [6.45, 7) is 0.124. The quantitative estimate of drug-likeness (QED) is 0.399. The Labute approximate surface area is 182 Å². The van der Waals surface area contributed by atoms with Crippen molar-refractivity contribution in [2.24, 2.45) is 0 Å². The molecule has 156 valence electrons. The molecule has 1 aromatic heterocycles. The van der Waals surface area contributed by atoms with Crippen molar-refractivity contribution >= 4 is 34.5 Å². The van der Waals surface area contributed by atoms with Gasteiger partial charge in [-0.1, -0.05) is 35.9 Å². The fourth-order valence-corrected chi connectivity index (χ4v) is 4.31. The molecule has 5 nitrogen and oxygen atoms in total. The molecule has 1 aliphatic heterocycles. The number of halogens is 2. The molecule has 0 atom stereocenters. The van der Waals surface area contributed by atoms with E-state index in [-0.39, 0.29) is 23.2 Å². The highest BCUT2D eigenvalue weighted by Crippen LogP contribution is 2.48. The van der Waals surface area contributed by atoms with Crippen LogP contribution in [0.25, 0.3) is 22.5 Å². The molecule has 3 N–H and O–H groups in total. The number of amides is 1. The number of anilines is 1. The van der Waals surface area contributed by atoms with Crippen LogP contribution < -0.4 is 5.32 Å². The summed E-state index contributed by atoms with van der Waals surface area (Å²) in [5, 5.41) is 23.5. The number of pyridine rings is 1. The molecule has 2 aliphatic rings. The number of fused-ring (bicyclic) bond motifs is 1. The second-order valence-electron chi connectivity index (χ2n) is 7.93. The Morgan fingerprint density at radius 3 is 2.55 bits per heavy atom. The van der Waals surface area contributed by atoms with Crippen LogP contribution in [0.15, 0.2) is 54.9 Å². The third kappa shape index (κ3) is 3.19. The van der Waals surface area contributed by atoms with E-state index in [1.54, 1.807) is 12.1 Å². The van der Waals surface area contributed by atoms with Crippen LogP contribution in [-0.4, -0.2) is 27.7 Å². The van der Waals surface area contributed by atoms with Gasteiger partial charge >= 0.3 is 0 Å². The lowest BCUT2D eigenvalue weighted by atomic mass is 9.93. The highest BCUT2D eigenvalue weighted by atomic mass is 35.5. The summed E-state index contributed by atoms with van der Waals surface area (Å²) in [5.74, 6) is -1.72. The maximum Gasteiger partial charge on any atom is 0.260 e. The summed E-state index contributed by atoms with van der Waals surface area (Å²) in [6.07, 6.45) is 4.26. The van der Waals surface area contributed by atoms with Gasteiger partial charge in [-0.3, -0.25) is 9.78 Å². The summed E-state index contributed by atoms with van der Waals surface area (Å²) in [4.78, 5) is 16.3. The smallest absolute Gasteiger partial charge is 0.260 e. The van der Waals surface area contributed by atoms with E-state index >= 15 is 0 Å². The number of hydrogen-bond donors (Lipinski definition) is 3. The number of aliphatic hydroxyl groups excluding tert-OH is 2. The van der Waals surface area contributed by atoms with Crippen molar-refractivity contribution in [1.82, 2.24) is 4.98 Å². The maximum atomic E-state index is 14.1. The molecule has 0 bridgehead atoms. The first kappa shape index (κ1) is 19.7. The maximum absolute atomic E-state index is 14.1. The van der Waals surface area contributed by atoms with E-state index in [2.05, 4.69) is 10.3 Å². The van der Waals surface area contributed by atoms with Gasteiger partial charge in [-0.2, -0.15) is 0 Å². The van der Waals surface area contributed by atoms with E-state index in [9.17, 15) is 19.4 Å². The number of nitrogens with one attached hydrogen (secondary N) is 1. The first-order chi connectivity index (χ1) is 14.9. The van der Waals surface area contributed by atoms with Crippen molar-refractivity contribution in [3.8, 4) is 11.1 Å². The molecule has 2 heterocycles. The van der Waals surface area contributed by atoms with Crippen molar-refractivity contribution in [3.05, 3.63) is 82.4 Å². The fourth-order valence-electron chi connectivity index (χ4n) is 4.04. The molecule has 0 unspecified atom stereocenters. The Balaban J connectivity index is 1.60. The van der Waals surface area contributed by atoms with Crippen LogP contribution in [0.2, 0.25) is 5.02 Å². The lowest BCUT2D eigenvalue weighted by Crippen LogP contribution is -2.11. The van der Waals surface area contributed by atoms with Crippen molar-refractivity contribution in [3.63, 3.8) is 0 Å². The number of aliphatic hydroxyl groups is 2. The molecular weight excluding hydrogens is 419 g/mol. The zero-order chi connectivity index (χ0) is 21.8. The van der Waals surface area contributed by atoms with Gasteiger partial charge in [0.05, 0.1) is 34.7 Å². The summed E-state index contributed by atoms with van der Waals surface area (Å²) in [7, 11) is 0. The van der Waals surface area contributed by atoms with Crippen LogP contribution in [0, 0.1) is 5.82 Å². The standard InChI is InChI=1S/C24H18ClFN2O3/c25-18-10-20-17(21(23(31)28-20)22(30)15-5-8-27-11-19(15)26)9-16(18)13-1-3-14(4-2-13)24(12-29)6-7-24/h1-5,8-11,29-30H,6-7,12H2,(H,28,31)/b22-21-. The number of nitrogens with zero attached hydrogens (tertiary/aromatic N) is 1. The van der Waals surface area contributed by atoms with Gasteiger partial charge in [-0.25, -0.2) is 4.39 Å². The third-order valence-corrected chi connectivity index (χ3v) is 6.39. The van der Waals surface area contributed by atoms with Crippen LogP contribution in [0.1, 0.15) is 29.5 Å². The van der Waals surface area contributed by atoms with Gasteiger partial charge in [-0.15, -0.1) is 0 Å². The Kier molecular flexibility index (Phi) is 4.57. The minimum Gasteiger partial charge on any atom is -0.506 e. The van der Waals surface area contributed by atoms with E-state index < -0.39 is 17.5 Å². The highest BCUT2D eigenvalue weighted by molar-refractivity contribution is 6.38. The Morgan fingerprint density at radius 1 is 1.16 bits per heavy atom. The number of aromatic nitrogens is 1. The average molecular weight is 437 g/mol. The van der Waals surface area contributed by atoms with Crippen LogP contribution in [-0.2, 0) is 10.2 Å². The molecule has 1 fully saturated rings. The second kappa shape index (κ2) is 7.18. The molecule has 5 rings (SSSR count). The third-order valence-electron chi connectivity index (χ3n) is 6.08. The lowest BCUT2D eigenvalue weighted by molar-refractivity contribution is -0.110. The van der Waals surface area contributed by atoms with E-state index in [0.717, 1.165) is 30.2 Å². The molecular formula is C24H18ClFN2O3. The van der Waals surface area contributed by atoms with Crippen molar-refractivity contribution in [1.29, 1.82) is 0 Å². The molecule has 1 aliphatic carbocycles. The van der Waals surface area contributed by atoms with Gasteiger partial charge in [0.1, 0.15) is 5.76 Å². The van der Waals surface area contributed by atoms with E-state index in [1.165, 1.54) is 12.3 Å². The SMILES string of the molecule is O=C1Nc2cc(Cl)c(-c3ccc(C4(CO)CC4)cc3)cc2/C1=C(/O)c1ccncc1F. The first-order valence-corrected chi connectivity index (χ1v) is 10.2. The van der Waals surface area contributed by atoms with Gasteiger partial charge in [0, 0.05) is 22.7 Å². The number of carbonyl (C=O) groups is 1. The summed E-state index contributed by atoms with van der Waals surface area (Å²) < 4.78 is 14.1. The van der Waals surface area contributed by atoms with Gasteiger partial charge < -0.3 is 15.5 Å². The van der Waals surface area contributed by atoms with Crippen molar-refractivity contribution < 1.29 is 19.4 Å². The van der Waals surface area contributed by atoms with E-state index in [4.69, 9.17) is 11.6 Å². The molecule has 2 aromatic carbocycles. The average Bonchev–Trinajstić information content (AvgIpc) is 3.50. The summed E-state index contributed by atoms with van der Waals surface area (Å²) in [6, 6.07) is 12.5. The zero-order valence-corrected chi connectivity index (χ0v) is 17.1. The Morgan fingerprint density at radius 2 is 1.90 bits per heavy atom. The first-order valence-electron chi connectivity index (χ1n) is 9.84. The molecule has 0 saturated heterocycles. The van der Waals surface area contributed by atoms with E-state index in [1.807, 2.05) is 24.3 Å². The highest BCUT2D eigenvalue weighted by Gasteiger charge is 2.43. The Bertz CT molecular complexity index is 1250. The predicted molar refractivity (Wildman–Crippen MR) is 117 cm³/mol. The second-order valence-corrected chi connectivity index (χ2v) is 8.33. The van der Waals surface area contributed by atoms with Crippen molar-refractivity contribution in [2.75, 3.05) is 11.9 Å².